The van der Waals surface area contributed by atoms with Crippen LogP contribution in [-0.2, 0) is 6.42 Å². The molecule has 0 atom stereocenters. The Kier molecular flexibility index (Phi) is 3.46. The van der Waals surface area contributed by atoms with Crippen LogP contribution in [0.2, 0.25) is 0 Å². The van der Waals surface area contributed by atoms with E-state index in [9.17, 15) is 0 Å². The minimum Gasteiger partial charge on any atom is -0.354 e. The van der Waals surface area contributed by atoms with Crippen LogP contribution in [0.4, 0.5) is 5.95 Å². The minimum absolute atomic E-state index is 0.678. The molecule has 5 heteroatoms. The van der Waals surface area contributed by atoms with Gasteiger partial charge in [0.05, 0.1) is 10.7 Å². The van der Waals surface area contributed by atoms with Crippen LogP contribution >= 0.6 is 11.3 Å². The fourth-order valence-electron chi connectivity index (χ4n) is 1.31. The Labute approximate surface area is 98.8 Å². The number of nitrogens with zero attached hydrogens (tertiary/aromatic N) is 3. The van der Waals surface area contributed by atoms with E-state index in [-0.39, 0.29) is 0 Å². The van der Waals surface area contributed by atoms with Gasteiger partial charge in [0, 0.05) is 30.7 Å². The second kappa shape index (κ2) is 5.03. The normalized spacial score (nSPS) is 10.4. The summed E-state index contributed by atoms with van der Waals surface area (Å²) in [4.78, 5) is 12.7. The summed E-state index contributed by atoms with van der Waals surface area (Å²) in [6.07, 6.45) is 4.52. The largest absolute Gasteiger partial charge is 0.354 e. The Morgan fingerprint density at radius 1 is 1.25 bits per heavy atom. The molecule has 0 fully saturated rings. The van der Waals surface area contributed by atoms with Crippen LogP contribution in [0.15, 0.2) is 17.8 Å². The first kappa shape index (κ1) is 11.0. The standard InChI is InChI=1S/C11H14N4S/c1-8-5-13-11(14-6-8)12-4-3-10-7-16-9(2)15-10/h5-7H,3-4H2,1-2H3,(H,12,13,14). The molecule has 0 aliphatic carbocycles. The summed E-state index contributed by atoms with van der Waals surface area (Å²) in [5.41, 5.74) is 2.20. The van der Waals surface area contributed by atoms with Crippen LogP contribution in [0.25, 0.3) is 0 Å². The van der Waals surface area contributed by atoms with Crippen molar-refractivity contribution in [1.82, 2.24) is 15.0 Å². The Morgan fingerprint density at radius 3 is 2.62 bits per heavy atom. The molecule has 84 valence electrons. The molecular weight excluding hydrogens is 220 g/mol. The van der Waals surface area contributed by atoms with Crippen molar-refractivity contribution in [3.63, 3.8) is 0 Å². The molecule has 0 saturated carbocycles. The average Bonchev–Trinajstić information content (AvgIpc) is 2.67. The summed E-state index contributed by atoms with van der Waals surface area (Å²) in [6.45, 7) is 4.80. The lowest BCUT2D eigenvalue weighted by Gasteiger charge is -2.02. The molecule has 0 radical (unpaired) electrons. The Morgan fingerprint density at radius 2 is 2.00 bits per heavy atom. The van der Waals surface area contributed by atoms with Gasteiger partial charge in [-0.15, -0.1) is 11.3 Å². The first-order valence-electron chi connectivity index (χ1n) is 5.17. The number of aryl methyl sites for hydroxylation is 2. The molecule has 0 aromatic carbocycles. The smallest absolute Gasteiger partial charge is 0.222 e. The number of aromatic nitrogens is 3. The first-order chi connectivity index (χ1) is 7.74. The quantitative estimate of drug-likeness (QED) is 0.881. The van der Waals surface area contributed by atoms with Crippen LogP contribution in [0.3, 0.4) is 0 Å². The number of nitrogens with one attached hydrogen (secondary N) is 1. The van der Waals surface area contributed by atoms with Gasteiger partial charge in [-0.05, 0) is 19.4 Å². The van der Waals surface area contributed by atoms with E-state index in [2.05, 4.69) is 25.6 Å². The van der Waals surface area contributed by atoms with Crippen molar-refractivity contribution in [3.05, 3.63) is 34.0 Å². The summed E-state index contributed by atoms with van der Waals surface area (Å²) >= 11 is 1.68. The van der Waals surface area contributed by atoms with Gasteiger partial charge < -0.3 is 5.32 Å². The summed E-state index contributed by atoms with van der Waals surface area (Å²) < 4.78 is 0. The fraction of sp³-hybridized carbons (Fsp3) is 0.364. The first-order valence-corrected chi connectivity index (χ1v) is 6.05. The summed E-state index contributed by atoms with van der Waals surface area (Å²) in [6, 6.07) is 0. The summed E-state index contributed by atoms with van der Waals surface area (Å²) in [5, 5.41) is 6.37. The maximum absolute atomic E-state index is 4.39. The summed E-state index contributed by atoms with van der Waals surface area (Å²) in [7, 11) is 0. The van der Waals surface area contributed by atoms with Gasteiger partial charge in [0.25, 0.3) is 0 Å². The van der Waals surface area contributed by atoms with Crippen LogP contribution in [0.1, 0.15) is 16.3 Å². The van der Waals surface area contributed by atoms with Crippen LogP contribution < -0.4 is 5.32 Å². The van der Waals surface area contributed by atoms with Gasteiger partial charge >= 0.3 is 0 Å². The van der Waals surface area contributed by atoms with Crippen LogP contribution in [0.5, 0.6) is 0 Å². The van der Waals surface area contributed by atoms with E-state index in [1.54, 1.807) is 11.3 Å². The predicted molar refractivity (Wildman–Crippen MR) is 65.8 cm³/mol. The molecule has 0 bridgehead atoms. The number of rotatable bonds is 4. The number of anilines is 1. The Bertz CT molecular complexity index is 449. The van der Waals surface area contributed by atoms with Crippen molar-refractivity contribution in [1.29, 1.82) is 0 Å². The Hall–Kier alpha value is -1.49. The van der Waals surface area contributed by atoms with Gasteiger partial charge in [-0.2, -0.15) is 0 Å². The number of thiazole rings is 1. The van der Waals surface area contributed by atoms with E-state index in [0.29, 0.717) is 5.95 Å². The lowest BCUT2D eigenvalue weighted by atomic mass is 10.3. The van der Waals surface area contributed by atoms with Crippen LogP contribution in [-0.4, -0.2) is 21.5 Å². The maximum Gasteiger partial charge on any atom is 0.222 e. The van der Waals surface area contributed by atoms with Crippen molar-refractivity contribution < 1.29 is 0 Å². The van der Waals surface area contributed by atoms with Crippen molar-refractivity contribution in [2.75, 3.05) is 11.9 Å². The van der Waals surface area contributed by atoms with Crippen molar-refractivity contribution in [2.24, 2.45) is 0 Å². The molecular formula is C11H14N4S. The third kappa shape index (κ3) is 3.00. The molecule has 2 aromatic heterocycles. The number of hydrogen-bond acceptors (Lipinski definition) is 5. The molecule has 16 heavy (non-hydrogen) atoms. The third-order valence-corrected chi connectivity index (χ3v) is 2.93. The lowest BCUT2D eigenvalue weighted by Crippen LogP contribution is -2.07. The molecule has 2 heterocycles. The average molecular weight is 234 g/mol. The molecule has 0 aliphatic heterocycles. The second-order valence-electron chi connectivity index (χ2n) is 3.62. The van der Waals surface area contributed by atoms with Crippen molar-refractivity contribution in [3.8, 4) is 0 Å². The SMILES string of the molecule is Cc1cnc(NCCc2csc(C)n2)nc1. The van der Waals surface area contributed by atoms with Crippen LogP contribution in [0, 0.1) is 13.8 Å². The maximum atomic E-state index is 4.39. The van der Waals surface area contributed by atoms with E-state index in [1.807, 2.05) is 26.2 Å². The second-order valence-corrected chi connectivity index (χ2v) is 4.68. The lowest BCUT2D eigenvalue weighted by molar-refractivity contribution is 0.944. The van der Waals surface area contributed by atoms with E-state index < -0.39 is 0 Å². The highest BCUT2D eigenvalue weighted by molar-refractivity contribution is 7.09. The molecule has 0 amide bonds. The van der Waals surface area contributed by atoms with E-state index >= 15 is 0 Å². The van der Waals surface area contributed by atoms with Gasteiger partial charge in [-0.1, -0.05) is 0 Å². The molecule has 2 aromatic rings. The van der Waals surface area contributed by atoms with Gasteiger partial charge in [0.15, 0.2) is 0 Å². The number of hydrogen-bond donors (Lipinski definition) is 1. The molecule has 0 spiro atoms. The zero-order valence-corrected chi connectivity index (χ0v) is 10.2. The molecule has 0 aliphatic rings. The molecule has 2 rings (SSSR count). The van der Waals surface area contributed by atoms with Gasteiger partial charge in [-0.25, -0.2) is 15.0 Å². The fourth-order valence-corrected chi connectivity index (χ4v) is 1.96. The summed E-state index contributed by atoms with van der Waals surface area (Å²) in [5.74, 6) is 0.678. The van der Waals surface area contributed by atoms with Gasteiger partial charge in [0.1, 0.15) is 0 Å². The van der Waals surface area contributed by atoms with Crippen molar-refractivity contribution >= 4 is 17.3 Å². The molecule has 0 saturated heterocycles. The molecule has 4 nitrogen and oxygen atoms in total. The zero-order valence-electron chi connectivity index (χ0n) is 9.40. The van der Waals surface area contributed by atoms with Gasteiger partial charge in [0.2, 0.25) is 5.95 Å². The third-order valence-electron chi connectivity index (χ3n) is 2.11. The van der Waals surface area contributed by atoms with Crippen molar-refractivity contribution in [2.45, 2.75) is 20.3 Å². The Balaban J connectivity index is 1.82. The predicted octanol–water partition coefficient (Wildman–Crippen LogP) is 2.20. The van der Waals surface area contributed by atoms with E-state index in [1.165, 1.54) is 0 Å². The van der Waals surface area contributed by atoms with E-state index in [0.717, 1.165) is 29.2 Å². The highest BCUT2D eigenvalue weighted by Crippen LogP contribution is 2.08. The monoisotopic (exact) mass is 234 g/mol. The molecule has 1 N–H and O–H groups in total. The molecule has 0 unspecified atom stereocenters. The van der Waals surface area contributed by atoms with Gasteiger partial charge in [-0.3, -0.25) is 0 Å². The zero-order chi connectivity index (χ0) is 11.4. The van der Waals surface area contributed by atoms with E-state index in [4.69, 9.17) is 0 Å². The topological polar surface area (TPSA) is 50.7 Å². The highest BCUT2D eigenvalue weighted by Gasteiger charge is 1.99. The highest BCUT2D eigenvalue weighted by atomic mass is 32.1. The minimum atomic E-state index is 0.678.